The van der Waals surface area contributed by atoms with Crippen molar-refractivity contribution in [3.63, 3.8) is 0 Å². The molecule has 2 aromatic heterocycles. The van der Waals surface area contributed by atoms with Gasteiger partial charge in [-0.2, -0.15) is 5.10 Å². The highest BCUT2D eigenvalue weighted by Crippen LogP contribution is 2.25. The number of nitrogens with zero attached hydrogens (tertiary/aromatic N) is 5. The van der Waals surface area contributed by atoms with Crippen LogP contribution in [0.3, 0.4) is 0 Å². The maximum Gasteiger partial charge on any atom is 0.145 e. The molecule has 5 rings (SSSR count). The van der Waals surface area contributed by atoms with Crippen molar-refractivity contribution in [3.05, 3.63) is 102 Å². The Morgan fingerprint density at radius 1 is 1.08 bits per heavy atom. The van der Waals surface area contributed by atoms with E-state index >= 15 is 0 Å². The average molecular weight is 498 g/mol. The summed E-state index contributed by atoms with van der Waals surface area (Å²) in [6, 6.07) is 19.8. The van der Waals surface area contributed by atoms with Crippen LogP contribution in [-0.2, 0) is 18.0 Å². The Kier molecular flexibility index (Phi) is 6.89. The standard InChI is InChI=1S/C27H24FN7O2/c1-36-25-8-3-2-6-19(25)16-37-33-14-23-26(29)30-17-31-27(23)34-22-9-10-24-20(12-22)13-32-35(24)15-18-5-4-7-21(28)11-18/h2-14,17H,15-16H2,1H3,(H3,29,30,31,34). The smallest absolute Gasteiger partial charge is 0.145 e. The number of ether oxygens (including phenoxy) is 1. The van der Waals surface area contributed by atoms with E-state index in [2.05, 4.69) is 25.5 Å². The topological polar surface area (TPSA) is 112 Å². The first kappa shape index (κ1) is 23.7. The number of aromatic nitrogens is 4. The SMILES string of the molecule is COc1ccccc1CON=Cc1c(N)ncnc1Nc1ccc2c(cnn2Cc2cccc(F)c2)c1. The van der Waals surface area contributed by atoms with Gasteiger partial charge in [0.25, 0.3) is 0 Å². The Bertz CT molecular complexity index is 1570. The van der Waals surface area contributed by atoms with Crippen molar-refractivity contribution in [2.75, 3.05) is 18.2 Å². The molecular formula is C27H24FN7O2. The third kappa shape index (κ3) is 5.48. The van der Waals surface area contributed by atoms with Crippen LogP contribution in [0.4, 0.5) is 21.7 Å². The number of benzene rings is 3. The van der Waals surface area contributed by atoms with Crippen LogP contribution in [0, 0.1) is 5.82 Å². The molecule has 0 radical (unpaired) electrons. The fourth-order valence-corrected chi connectivity index (χ4v) is 3.89. The second-order valence-corrected chi connectivity index (χ2v) is 8.17. The van der Waals surface area contributed by atoms with Gasteiger partial charge in [0.05, 0.1) is 37.1 Å². The molecule has 0 aliphatic carbocycles. The lowest BCUT2D eigenvalue weighted by molar-refractivity contribution is 0.130. The van der Waals surface area contributed by atoms with Gasteiger partial charge in [-0.15, -0.1) is 0 Å². The van der Waals surface area contributed by atoms with Crippen LogP contribution in [-0.4, -0.2) is 33.1 Å². The van der Waals surface area contributed by atoms with Crippen LogP contribution in [0.25, 0.3) is 10.9 Å². The van der Waals surface area contributed by atoms with Crippen molar-refractivity contribution in [3.8, 4) is 5.75 Å². The summed E-state index contributed by atoms with van der Waals surface area (Å²) in [6.45, 7) is 0.694. The maximum absolute atomic E-state index is 13.6. The first-order valence-electron chi connectivity index (χ1n) is 11.5. The number of halogens is 1. The molecule has 2 heterocycles. The summed E-state index contributed by atoms with van der Waals surface area (Å²) >= 11 is 0. The fraction of sp³-hybridized carbons (Fsp3) is 0.111. The molecule has 0 amide bonds. The summed E-state index contributed by atoms with van der Waals surface area (Å²) in [5.74, 6) is 1.18. The lowest BCUT2D eigenvalue weighted by Crippen LogP contribution is -2.05. The number of nitrogen functional groups attached to an aromatic ring is 1. The van der Waals surface area contributed by atoms with Crippen LogP contribution < -0.4 is 15.8 Å². The first-order chi connectivity index (χ1) is 18.1. The highest BCUT2D eigenvalue weighted by Gasteiger charge is 2.10. The molecule has 0 aliphatic heterocycles. The number of para-hydroxylation sites is 1. The summed E-state index contributed by atoms with van der Waals surface area (Å²) < 4.78 is 20.7. The number of nitrogens with one attached hydrogen (secondary N) is 1. The Morgan fingerprint density at radius 2 is 1.97 bits per heavy atom. The van der Waals surface area contributed by atoms with E-state index in [1.54, 1.807) is 19.4 Å². The van der Waals surface area contributed by atoms with Crippen molar-refractivity contribution in [2.45, 2.75) is 13.2 Å². The minimum Gasteiger partial charge on any atom is -0.496 e. The van der Waals surface area contributed by atoms with Gasteiger partial charge in [-0.1, -0.05) is 35.5 Å². The third-order valence-corrected chi connectivity index (χ3v) is 5.71. The molecule has 0 spiro atoms. The average Bonchev–Trinajstić information content (AvgIpc) is 3.30. The van der Waals surface area contributed by atoms with Crippen molar-refractivity contribution in [1.29, 1.82) is 0 Å². The van der Waals surface area contributed by atoms with Crippen LogP contribution >= 0.6 is 0 Å². The second kappa shape index (κ2) is 10.7. The van der Waals surface area contributed by atoms with Gasteiger partial charge < -0.3 is 20.6 Å². The van der Waals surface area contributed by atoms with E-state index in [0.29, 0.717) is 17.9 Å². The molecule has 9 nitrogen and oxygen atoms in total. The molecule has 186 valence electrons. The van der Waals surface area contributed by atoms with E-state index in [4.69, 9.17) is 15.3 Å². The number of methoxy groups -OCH3 is 1. The predicted octanol–water partition coefficient (Wildman–Crippen LogP) is 4.90. The summed E-state index contributed by atoms with van der Waals surface area (Å²) in [5.41, 5.74) is 9.98. The van der Waals surface area contributed by atoms with Crippen LogP contribution in [0.2, 0.25) is 0 Å². The zero-order chi connectivity index (χ0) is 25.6. The number of rotatable bonds is 9. The number of hydrogen-bond acceptors (Lipinski definition) is 8. The second-order valence-electron chi connectivity index (χ2n) is 8.17. The van der Waals surface area contributed by atoms with E-state index < -0.39 is 0 Å². The molecule has 10 heteroatoms. The minimum atomic E-state index is -0.269. The Morgan fingerprint density at radius 3 is 2.84 bits per heavy atom. The van der Waals surface area contributed by atoms with E-state index in [-0.39, 0.29) is 18.2 Å². The Labute approximate surface area is 212 Å². The van der Waals surface area contributed by atoms with Crippen molar-refractivity contribution in [1.82, 2.24) is 19.7 Å². The molecule has 3 N–H and O–H groups in total. The molecule has 0 saturated heterocycles. The first-order valence-corrected chi connectivity index (χ1v) is 11.5. The Balaban J connectivity index is 1.31. The minimum absolute atomic E-state index is 0.229. The van der Waals surface area contributed by atoms with Crippen molar-refractivity contribution >= 4 is 34.4 Å². The van der Waals surface area contributed by atoms with Gasteiger partial charge in [0.1, 0.15) is 36.1 Å². The summed E-state index contributed by atoms with van der Waals surface area (Å²) in [7, 11) is 1.61. The van der Waals surface area contributed by atoms with Gasteiger partial charge in [-0.05, 0) is 42.0 Å². The molecular weight excluding hydrogens is 473 g/mol. The largest absolute Gasteiger partial charge is 0.496 e. The molecule has 0 fully saturated rings. The predicted molar refractivity (Wildman–Crippen MR) is 140 cm³/mol. The van der Waals surface area contributed by atoms with E-state index in [1.165, 1.54) is 24.7 Å². The zero-order valence-corrected chi connectivity index (χ0v) is 20.0. The van der Waals surface area contributed by atoms with Gasteiger partial charge in [0.2, 0.25) is 0 Å². The number of hydrogen-bond donors (Lipinski definition) is 2. The van der Waals surface area contributed by atoms with Crippen LogP contribution in [0.5, 0.6) is 5.75 Å². The molecule has 3 aromatic carbocycles. The zero-order valence-electron chi connectivity index (χ0n) is 20.0. The molecule has 37 heavy (non-hydrogen) atoms. The number of oxime groups is 1. The van der Waals surface area contributed by atoms with Gasteiger partial charge in [-0.25, -0.2) is 14.4 Å². The maximum atomic E-state index is 13.6. The molecule has 5 aromatic rings. The summed E-state index contributed by atoms with van der Waals surface area (Å²) in [6.07, 6.45) is 4.62. The highest BCUT2D eigenvalue weighted by atomic mass is 19.1. The molecule has 0 saturated carbocycles. The lowest BCUT2D eigenvalue weighted by Gasteiger charge is -2.10. The lowest BCUT2D eigenvalue weighted by atomic mass is 10.2. The number of fused-ring (bicyclic) bond motifs is 1. The normalized spacial score (nSPS) is 11.2. The highest BCUT2D eigenvalue weighted by molar-refractivity contribution is 5.93. The Hall–Kier alpha value is -4.99. The summed E-state index contributed by atoms with van der Waals surface area (Å²) in [5, 5.41) is 12.7. The number of nitrogens with two attached hydrogens (primary N) is 1. The van der Waals surface area contributed by atoms with Gasteiger partial charge in [0.15, 0.2) is 0 Å². The molecule has 0 unspecified atom stereocenters. The third-order valence-electron chi connectivity index (χ3n) is 5.71. The quantitative estimate of drug-likeness (QED) is 0.220. The number of anilines is 3. The molecule has 0 aliphatic rings. The van der Waals surface area contributed by atoms with Crippen molar-refractivity contribution < 1.29 is 14.0 Å². The van der Waals surface area contributed by atoms with Crippen LogP contribution in [0.15, 0.2) is 84.4 Å². The van der Waals surface area contributed by atoms with E-state index in [0.717, 1.165) is 33.5 Å². The van der Waals surface area contributed by atoms with Gasteiger partial charge in [-0.3, -0.25) is 4.68 Å². The monoisotopic (exact) mass is 497 g/mol. The fourth-order valence-electron chi connectivity index (χ4n) is 3.89. The molecule has 0 bridgehead atoms. The van der Waals surface area contributed by atoms with Crippen molar-refractivity contribution in [2.24, 2.45) is 5.16 Å². The van der Waals surface area contributed by atoms with E-state index in [9.17, 15) is 4.39 Å². The van der Waals surface area contributed by atoms with E-state index in [1.807, 2.05) is 53.2 Å². The molecule has 0 atom stereocenters. The van der Waals surface area contributed by atoms with Gasteiger partial charge >= 0.3 is 0 Å². The van der Waals surface area contributed by atoms with Crippen LogP contribution in [0.1, 0.15) is 16.7 Å². The summed E-state index contributed by atoms with van der Waals surface area (Å²) in [4.78, 5) is 13.8. The van der Waals surface area contributed by atoms with Gasteiger partial charge in [0, 0.05) is 16.6 Å².